The largest absolute Gasteiger partial charge is 0.507 e. The number of amides is 1. The average molecular weight is 436 g/mol. The number of phenolic OH excluding ortho intramolecular Hbond substituents is 1. The van der Waals surface area contributed by atoms with Crippen LogP contribution >= 0.6 is 15.9 Å². The molecule has 0 radical (unpaired) electrons. The predicted octanol–water partition coefficient (Wildman–Crippen LogP) is 3.72. The van der Waals surface area contributed by atoms with Crippen molar-refractivity contribution in [3.05, 3.63) is 62.1 Å². The summed E-state index contributed by atoms with van der Waals surface area (Å²) in [5, 5.41) is 24.1. The first-order chi connectivity index (χ1) is 12.8. The number of hydrogen-bond donors (Lipinski definition) is 2. The lowest BCUT2D eigenvalue weighted by Gasteiger charge is -2.10. The van der Waals surface area contributed by atoms with Crippen LogP contribution in [0.25, 0.3) is 0 Å². The molecule has 0 aliphatic carbocycles. The van der Waals surface area contributed by atoms with Gasteiger partial charge in [-0.3, -0.25) is 14.9 Å². The summed E-state index contributed by atoms with van der Waals surface area (Å²) in [4.78, 5) is 22.0. The van der Waals surface area contributed by atoms with Crippen molar-refractivity contribution in [2.75, 3.05) is 6.61 Å². The number of hydrazone groups is 1. The summed E-state index contributed by atoms with van der Waals surface area (Å²) in [6, 6.07) is 9.13. The van der Waals surface area contributed by atoms with Gasteiger partial charge in [0.05, 0.1) is 15.6 Å². The third-order valence-corrected chi connectivity index (χ3v) is 4.22. The summed E-state index contributed by atoms with van der Waals surface area (Å²) in [5.41, 5.74) is 3.29. The fourth-order valence-corrected chi connectivity index (χ4v) is 2.61. The monoisotopic (exact) mass is 435 g/mol. The lowest BCUT2D eigenvalue weighted by molar-refractivity contribution is -0.384. The normalized spacial score (nSPS) is 11.0. The highest BCUT2D eigenvalue weighted by molar-refractivity contribution is 9.10. The van der Waals surface area contributed by atoms with Crippen LogP contribution in [-0.4, -0.2) is 28.8 Å². The Kier molecular flexibility index (Phi) is 6.89. The van der Waals surface area contributed by atoms with Crippen molar-refractivity contribution in [1.29, 1.82) is 0 Å². The first-order valence-electron chi connectivity index (χ1n) is 7.99. The zero-order valence-corrected chi connectivity index (χ0v) is 16.3. The number of nitro groups is 1. The molecular weight excluding hydrogens is 418 g/mol. The van der Waals surface area contributed by atoms with Crippen LogP contribution in [0.15, 0.2) is 46.0 Å². The molecule has 1 amide bonds. The summed E-state index contributed by atoms with van der Waals surface area (Å²) in [6.45, 7) is 3.89. The minimum Gasteiger partial charge on any atom is -0.507 e. The molecule has 2 rings (SSSR count). The van der Waals surface area contributed by atoms with Crippen LogP contribution in [0.1, 0.15) is 30.9 Å². The molecule has 0 saturated heterocycles. The molecule has 2 aromatic rings. The van der Waals surface area contributed by atoms with Crippen LogP contribution < -0.4 is 10.2 Å². The highest BCUT2D eigenvalue weighted by Crippen LogP contribution is 2.28. The van der Waals surface area contributed by atoms with Gasteiger partial charge in [-0.2, -0.15) is 5.10 Å². The van der Waals surface area contributed by atoms with Gasteiger partial charge in [0.15, 0.2) is 6.61 Å². The lowest BCUT2D eigenvalue weighted by atomic mass is 10.0. The van der Waals surface area contributed by atoms with Gasteiger partial charge in [0.25, 0.3) is 11.6 Å². The standard InChI is InChI=1S/C18H18BrN3O5/c1-11(2)12-3-6-17(15(19)8-12)27-10-18(24)21-20-9-13-7-14(22(25)26)4-5-16(13)23/h3-9,11,23H,10H2,1-2H3,(H,21,24)/b20-9+. The van der Waals surface area contributed by atoms with E-state index >= 15 is 0 Å². The topological polar surface area (TPSA) is 114 Å². The van der Waals surface area contributed by atoms with E-state index in [4.69, 9.17) is 4.74 Å². The van der Waals surface area contributed by atoms with Gasteiger partial charge < -0.3 is 9.84 Å². The molecule has 0 fully saturated rings. The van der Waals surface area contributed by atoms with Gasteiger partial charge in [-0.1, -0.05) is 19.9 Å². The van der Waals surface area contributed by atoms with Crippen LogP contribution in [0.3, 0.4) is 0 Å². The van der Waals surface area contributed by atoms with Gasteiger partial charge in [-0.15, -0.1) is 0 Å². The first-order valence-corrected chi connectivity index (χ1v) is 8.78. The number of halogens is 1. The second kappa shape index (κ2) is 9.13. The molecule has 0 aromatic heterocycles. The molecule has 27 heavy (non-hydrogen) atoms. The van der Waals surface area contributed by atoms with Gasteiger partial charge >= 0.3 is 0 Å². The molecule has 0 saturated carbocycles. The molecule has 0 spiro atoms. The van der Waals surface area contributed by atoms with Crippen LogP contribution in [0.4, 0.5) is 5.69 Å². The van der Waals surface area contributed by atoms with E-state index in [2.05, 4.69) is 40.3 Å². The van der Waals surface area contributed by atoms with E-state index in [9.17, 15) is 20.0 Å². The summed E-state index contributed by atoms with van der Waals surface area (Å²) in [7, 11) is 0. The van der Waals surface area contributed by atoms with Gasteiger partial charge in [0.1, 0.15) is 11.5 Å². The molecule has 0 aliphatic heterocycles. The minimum absolute atomic E-state index is 0.109. The molecule has 0 atom stereocenters. The second-order valence-corrected chi connectivity index (χ2v) is 6.78. The Balaban J connectivity index is 1.92. The van der Waals surface area contributed by atoms with Crippen LogP contribution in [0.5, 0.6) is 11.5 Å². The third-order valence-electron chi connectivity index (χ3n) is 3.60. The van der Waals surface area contributed by atoms with E-state index in [0.717, 1.165) is 22.3 Å². The Bertz CT molecular complexity index is 883. The number of benzene rings is 2. The first kappa shape index (κ1) is 20.4. The molecule has 9 heteroatoms. The maximum atomic E-state index is 11.8. The van der Waals surface area contributed by atoms with E-state index in [1.54, 1.807) is 6.07 Å². The number of ether oxygens (including phenoxy) is 1. The number of carbonyl (C=O) groups is 1. The molecule has 142 valence electrons. The fraction of sp³-hybridized carbons (Fsp3) is 0.222. The van der Waals surface area contributed by atoms with Gasteiger partial charge in [0.2, 0.25) is 0 Å². The molecule has 0 bridgehead atoms. The Morgan fingerprint density at radius 1 is 1.37 bits per heavy atom. The summed E-state index contributed by atoms with van der Waals surface area (Å²) in [6.07, 6.45) is 1.12. The van der Waals surface area contributed by atoms with Crippen molar-refractivity contribution in [2.45, 2.75) is 19.8 Å². The summed E-state index contributed by atoms with van der Waals surface area (Å²) >= 11 is 3.41. The maximum absolute atomic E-state index is 11.8. The zero-order chi connectivity index (χ0) is 20.0. The smallest absolute Gasteiger partial charge is 0.277 e. The van der Waals surface area contributed by atoms with Gasteiger partial charge in [-0.05, 0) is 45.6 Å². The Morgan fingerprint density at radius 3 is 2.74 bits per heavy atom. The van der Waals surface area contributed by atoms with E-state index in [0.29, 0.717) is 11.7 Å². The molecule has 8 nitrogen and oxygen atoms in total. The van der Waals surface area contributed by atoms with Crippen molar-refractivity contribution in [1.82, 2.24) is 5.43 Å². The fourth-order valence-electron chi connectivity index (χ4n) is 2.10. The molecule has 0 heterocycles. The van der Waals surface area contributed by atoms with Gasteiger partial charge in [0, 0.05) is 17.7 Å². The number of rotatable bonds is 7. The Labute approximate surface area is 164 Å². The van der Waals surface area contributed by atoms with E-state index in [-0.39, 0.29) is 23.6 Å². The number of nitrogens with one attached hydrogen (secondary N) is 1. The highest BCUT2D eigenvalue weighted by atomic mass is 79.9. The average Bonchev–Trinajstić information content (AvgIpc) is 2.61. The quantitative estimate of drug-likeness (QED) is 0.390. The number of carbonyl (C=O) groups excluding carboxylic acids is 1. The summed E-state index contributed by atoms with van der Waals surface area (Å²) in [5.74, 6) is 0.188. The molecule has 0 unspecified atom stereocenters. The minimum atomic E-state index is -0.592. The number of phenols is 1. The van der Waals surface area contributed by atoms with Crippen molar-refractivity contribution in [2.24, 2.45) is 5.10 Å². The molecule has 0 aliphatic rings. The van der Waals surface area contributed by atoms with E-state index < -0.39 is 10.8 Å². The SMILES string of the molecule is CC(C)c1ccc(OCC(=O)N/N=C/c2cc([N+](=O)[O-])ccc2O)c(Br)c1. The van der Waals surface area contributed by atoms with Crippen LogP contribution in [-0.2, 0) is 4.79 Å². The molecule has 2 aromatic carbocycles. The second-order valence-electron chi connectivity index (χ2n) is 5.93. The van der Waals surface area contributed by atoms with E-state index in [1.807, 2.05) is 12.1 Å². The number of aromatic hydroxyl groups is 1. The Hall–Kier alpha value is -2.94. The predicted molar refractivity (Wildman–Crippen MR) is 104 cm³/mol. The van der Waals surface area contributed by atoms with Crippen LogP contribution in [0, 0.1) is 10.1 Å². The van der Waals surface area contributed by atoms with Crippen molar-refractivity contribution >= 4 is 33.7 Å². The number of hydrogen-bond acceptors (Lipinski definition) is 6. The molecular formula is C18H18BrN3O5. The number of nitrogens with zero attached hydrogens (tertiary/aromatic N) is 2. The van der Waals surface area contributed by atoms with Crippen LogP contribution in [0.2, 0.25) is 0 Å². The zero-order valence-electron chi connectivity index (χ0n) is 14.7. The van der Waals surface area contributed by atoms with Crippen molar-refractivity contribution in [3.63, 3.8) is 0 Å². The number of nitro benzene ring substituents is 1. The van der Waals surface area contributed by atoms with Crippen molar-refractivity contribution in [3.8, 4) is 11.5 Å². The van der Waals surface area contributed by atoms with Crippen molar-refractivity contribution < 1.29 is 19.6 Å². The summed E-state index contributed by atoms with van der Waals surface area (Å²) < 4.78 is 6.18. The number of non-ortho nitro benzene ring substituents is 1. The van der Waals surface area contributed by atoms with Gasteiger partial charge in [-0.25, -0.2) is 5.43 Å². The highest BCUT2D eigenvalue weighted by Gasteiger charge is 2.10. The Morgan fingerprint density at radius 2 is 2.11 bits per heavy atom. The lowest BCUT2D eigenvalue weighted by Crippen LogP contribution is -2.24. The third kappa shape index (κ3) is 5.78. The van der Waals surface area contributed by atoms with E-state index in [1.165, 1.54) is 12.1 Å². The molecule has 2 N–H and O–H groups in total. The maximum Gasteiger partial charge on any atom is 0.277 e.